The van der Waals surface area contributed by atoms with Gasteiger partial charge in [0.25, 0.3) is 0 Å². The topological polar surface area (TPSA) is 18.5 Å². The maximum Gasteiger partial charge on any atom is 0.387 e. The van der Waals surface area contributed by atoms with Crippen LogP contribution in [0.3, 0.4) is 0 Å². The lowest BCUT2D eigenvalue weighted by Gasteiger charge is -2.28. The summed E-state index contributed by atoms with van der Waals surface area (Å²) in [6, 6.07) is 15.0. The first-order valence-electron chi connectivity index (χ1n) is 11.3. The van der Waals surface area contributed by atoms with Gasteiger partial charge in [-0.15, -0.1) is 0 Å². The average Bonchev–Trinajstić information content (AvgIpc) is 2.81. The molecule has 0 aliphatic heterocycles. The second-order valence-corrected chi connectivity index (χ2v) is 8.43. The molecule has 0 bridgehead atoms. The summed E-state index contributed by atoms with van der Waals surface area (Å²) in [7, 11) is 0. The Morgan fingerprint density at radius 1 is 0.848 bits per heavy atom. The molecule has 0 saturated heterocycles. The lowest BCUT2D eigenvalue weighted by molar-refractivity contribution is -0.0498. The highest BCUT2D eigenvalue weighted by molar-refractivity contribution is 5.67. The summed E-state index contributed by atoms with van der Waals surface area (Å²) in [5, 5.41) is 0. The Kier molecular flexibility index (Phi) is 7.21. The molecule has 1 fully saturated rings. The Hall–Kier alpha value is -3.02. The summed E-state index contributed by atoms with van der Waals surface area (Å²) < 4.78 is 64.7. The minimum atomic E-state index is -2.93. The van der Waals surface area contributed by atoms with Gasteiger partial charge in [-0.05, 0) is 79.5 Å². The fourth-order valence-corrected chi connectivity index (χ4v) is 4.52. The van der Waals surface area contributed by atoms with E-state index in [0.717, 1.165) is 37.2 Å². The highest BCUT2D eigenvalue weighted by Gasteiger charge is 2.23. The standard InChI is InChI=1S/C27H26F4O2/c1-2-17-6-8-18(9-7-17)19-10-15-22(24(28)16-19)23-4-3-5-25(26(23)29)32-20-11-13-21(14-12-20)33-27(30)31/h3-5,10-18,27H,2,6-9H2,1H3. The van der Waals surface area contributed by atoms with Crippen LogP contribution in [0.1, 0.15) is 50.5 Å². The first kappa shape index (κ1) is 23.1. The van der Waals surface area contributed by atoms with Gasteiger partial charge in [-0.2, -0.15) is 8.78 Å². The third kappa shape index (κ3) is 5.49. The van der Waals surface area contributed by atoms with E-state index in [1.165, 1.54) is 48.9 Å². The average molecular weight is 458 g/mol. The zero-order valence-electron chi connectivity index (χ0n) is 18.4. The van der Waals surface area contributed by atoms with Gasteiger partial charge in [0.1, 0.15) is 17.3 Å². The van der Waals surface area contributed by atoms with Gasteiger partial charge < -0.3 is 9.47 Å². The van der Waals surface area contributed by atoms with Crippen LogP contribution in [0.15, 0.2) is 60.7 Å². The molecule has 174 valence electrons. The lowest BCUT2D eigenvalue weighted by Crippen LogP contribution is -2.12. The predicted molar refractivity (Wildman–Crippen MR) is 120 cm³/mol. The molecule has 2 nitrogen and oxygen atoms in total. The molecule has 1 aliphatic rings. The number of hydrogen-bond donors (Lipinski definition) is 0. The van der Waals surface area contributed by atoms with Crippen LogP contribution in [0.5, 0.6) is 17.2 Å². The van der Waals surface area contributed by atoms with E-state index in [9.17, 15) is 8.78 Å². The molecule has 0 unspecified atom stereocenters. The largest absolute Gasteiger partial charge is 0.454 e. The molecule has 6 heteroatoms. The monoisotopic (exact) mass is 458 g/mol. The molecule has 3 aromatic rings. The van der Waals surface area contributed by atoms with Gasteiger partial charge in [0, 0.05) is 11.1 Å². The molecular formula is C27H26F4O2. The fraction of sp³-hybridized carbons (Fsp3) is 0.333. The first-order chi connectivity index (χ1) is 15.9. The zero-order valence-corrected chi connectivity index (χ0v) is 18.4. The van der Waals surface area contributed by atoms with E-state index in [1.54, 1.807) is 12.1 Å². The molecule has 1 aliphatic carbocycles. The molecular weight excluding hydrogens is 432 g/mol. The van der Waals surface area contributed by atoms with Crippen LogP contribution in [0.25, 0.3) is 11.1 Å². The van der Waals surface area contributed by atoms with E-state index >= 15 is 8.78 Å². The van der Waals surface area contributed by atoms with Crippen LogP contribution in [0, 0.1) is 17.6 Å². The van der Waals surface area contributed by atoms with Crippen LogP contribution in [0.4, 0.5) is 17.6 Å². The minimum absolute atomic E-state index is 0.0306. The van der Waals surface area contributed by atoms with Crippen molar-refractivity contribution >= 4 is 0 Å². The number of rotatable bonds is 7. The number of benzene rings is 3. The van der Waals surface area contributed by atoms with Gasteiger partial charge in [-0.1, -0.05) is 37.6 Å². The summed E-state index contributed by atoms with van der Waals surface area (Å²) in [5.41, 5.74) is 1.23. The van der Waals surface area contributed by atoms with Crippen molar-refractivity contribution in [2.24, 2.45) is 5.92 Å². The van der Waals surface area contributed by atoms with E-state index in [0.29, 0.717) is 5.92 Å². The SMILES string of the molecule is CCC1CCC(c2ccc(-c3cccc(Oc4ccc(OC(F)F)cc4)c3F)c(F)c2)CC1. The smallest absolute Gasteiger partial charge is 0.387 e. The Morgan fingerprint density at radius 3 is 2.18 bits per heavy atom. The first-order valence-corrected chi connectivity index (χ1v) is 11.3. The summed E-state index contributed by atoms with van der Waals surface area (Å²) >= 11 is 0. The van der Waals surface area contributed by atoms with Crippen molar-refractivity contribution in [1.29, 1.82) is 0 Å². The summed E-state index contributed by atoms with van der Waals surface area (Å²) in [5.74, 6) is 0.0674. The Labute approximate surface area is 191 Å². The number of hydrogen-bond acceptors (Lipinski definition) is 2. The molecule has 0 N–H and O–H groups in total. The van der Waals surface area contributed by atoms with Crippen molar-refractivity contribution in [2.45, 2.75) is 51.6 Å². The highest BCUT2D eigenvalue weighted by atomic mass is 19.3. The molecule has 4 rings (SSSR count). The van der Waals surface area contributed by atoms with Gasteiger partial charge in [0.2, 0.25) is 0 Å². The second kappa shape index (κ2) is 10.3. The van der Waals surface area contributed by atoms with Crippen LogP contribution in [-0.2, 0) is 0 Å². The zero-order chi connectivity index (χ0) is 23.4. The van der Waals surface area contributed by atoms with E-state index < -0.39 is 18.2 Å². The summed E-state index contributed by atoms with van der Waals surface area (Å²) in [4.78, 5) is 0. The maximum absolute atomic E-state index is 15.2. The summed E-state index contributed by atoms with van der Waals surface area (Å²) in [6.07, 6.45) is 5.61. The number of halogens is 4. The van der Waals surface area contributed by atoms with Gasteiger partial charge in [-0.3, -0.25) is 0 Å². The van der Waals surface area contributed by atoms with E-state index in [4.69, 9.17) is 4.74 Å². The quantitative estimate of drug-likeness (QED) is 0.330. The van der Waals surface area contributed by atoms with Crippen molar-refractivity contribution in [2.75, 3.05) is 0 Å². The van der Waals surface area contributed by atoms with E-state index in [1.807, 2.05) is 6.07 Å². The third-order valence-electron chi connectivity index (χ3n) is 6.42. The predicted octanol–water partition coefficient (Wildman–Crippen LogP) is 8.71. The van der Waals surface area contributed by atoms with Gasteiger partial charge >= 0.3 is 6.61 Å². The van der Waals surface area contributed by atoms with Gasteiger partial charge in [0.15, 0.2) is 11.6 Å². The van der Waals surface area contributed by atoms with Crippen molar-refractivity contribution in [3.63, 3.8) is 0 Å². The number of alkyl halides is 2. The Bertz CT molecular complexity index is 1070. The molecule has 0 heterocycles. The lowest BCUT2D eigenvalue weighted by atomic mass is 9.77. The molecule has 3 aromatic carbocycles. The van der Waals surface area contributed by atoms with Crippen LogP contribution >= 0.6 is 0 Å². The van der Waals surface area contributed by atoms with E-state index in [2.05, 4.69) is 11.7 Å². The van der Waals surface area contributed by atoms with Crippen molar-refractivity contribution in [1.82, 2.24) is 0 Å². The molecule has 0 aromatic heterocycles. The van der Waals surface area contributed by atoms with E-state index in [-0.39, 0.29) is 28.4 Å². The minimum Gasteiger partial charge on any atom is -0.454 e. The van der Waals surface area contributed by atoms with Crippen LogP contribution in [0.2, 0.25) is 0 Å². The molecule has 0 amide bonds. The van der Waals surface area contributed by atoms with Crippen molar-refractivity contribution in [3.05, 3.63) is 77.9 Å². The van der Waals surface area contributed by atoms with Crippen LogP contribution in [-0.4, -0.2) is 6.61 Å². The molecule has 0 radical (unpaired) electrons. The van der Waals surface area contributed by atoms with Crippen molar-refractivity contribution in [3.8, 4) is 28.4 Å². The normalized spacial score (nSPS) is 18.4. The number of ether oxygens (including phenoxy) is 2. The maximum atomic E-state index is 15.2. The molecule has 0 spiro atoms. The van der Waals surface area contributed by atoms with Crippen molar-refractivity contribution < 1.29 is 27.0 Å². The van der Waals surface area contributed by atoms with Gasteiger partial charge in [-0.25, -0.2) is 8.78 Å². The molecule has 33 heavy (non-hydrogen) atoms. The molecule has 0 atom stereocenters. The highest BCUT2D eigenvalue weighted by Crippen LogP contribution is 2.39. The second-order valence-electron chi connectivity index (χ2n) is 8.43. The molecule has 1 saturated carbocycles. The summed E-state index contributed by atoms with van der Waals surface area (Å²) in [6.45, 7) is -0.721. The Morgan fingerprint density at radius 2 is 1.55 bits per heavy atom. The fourth-order valence-electron chi connectivity index (χ4n) is 4.52. The Balaban J connectivity index is 1.52. The van der Waals surface area contributed by atoms with Gasteiger partial charge in [0.05, 0.1) is 0 Å². The van der Waals surface area contributed by atoms with Crippen LogP contribution < -0.4 is 9.47 Å². The third-order valence-corrected chi connectivity index (χ3v) is 6.42.